The van der Waals surface area contributed by atoms with Crippen molar-refractivity contribution in [2.45, 2.75) is 45.6 Å². The molecule has 1 saturated carbocycles. The van der Waals surface area contributed by atoms with Gasteiger partial charge in [-0.25, -0.2) is 0 Å². The number of rotatable bonds is 4. The number of nitrogens with zero attached hydrogens (tertiary/aromatic N) is 1. The molecular formula is C12H27NO4S. The van der Waals surface area contributed by atoms with E-state index in [1.807, 2.05) is 0 Å². The molecule has 0 bridgehead atoms. The highest BCUT2D eigenvalue weighted by atomic mass is 32.2. The minimum absolute atomic E-state index is 0.0330. The Kier molecular flexibility index (Phi) is 8.77. The molecule has 2 N–H and O–H groups in total. The fourth-order valence-corrected chi connectivity index (χ4v) is 2.21. The van der Waals surface area contributed by atoms with Gasteiger partial charge in [0.05, 0.1) is 12.4 Å². The Bertz CT molecular complexity index is 293. The first-order valence-electron chi connectivity index (χ1n) is 6.60. The highest BCUT2D eigenvalue weighted by Gasteiger charge is 2.23. The van der Waals surface area contributed by atoms with Crippen molar-refractivity contribution in [3.63, 3.8) is 0 Å². The maximum absolute atomic E-state index is 9.78. The van der Waals surface area contributed by atoms with Crippen LogP contribution in [0, 0.1) is 5.92 Å². The molecule has 0 unspecified atom stereocenters. The summed E-state index contributed by atoms with van der Waals surface area (Å²) in [6, 6.07) is 0. The van der Waals surface area contributed by atoms with Crippen molar-refractivity contribution >= 4 is 10.1 Å². The molecule has 1 aliphatic rings. The second-order valence-corrected chi connectivity index (χ2v) is 6.30. The lowest BCUT2D eigenvalue weighted by Crippen LogP contribution is -2.36. The topological polar surface area (TPSA) is 77.8 Å². The first-order valence-corrected chi connectivity index (χ1v) is 8.45. The van der Waals surface area contributed by atoms with Crippen LogP contribution in [0.2, 0.25) is 0 Å². The maximum atomic E-state index is 9.78. The van der Waals surface area contributed by atoms with Crippen LogP contribution in [0.3, 0.4) is 0 Å². The number of hydrogen-bond donors (Lipinski definition) is 2. The lowest BCUT2D eigenvalue weighted by atomic mass is 9.86. The minimum Gasteiger partial charge on any atom is -0.393 e. The van der Waals surface area contributed by atoms with E-state index in [0.29, 0.717) is 12.2 Å². The summed E-state index contributed by atoms with van der Waals surface area (Å²) in [6.45, 7) is 7.70. The van der Waals surface area contributed by atoms with E-state index in [-0.39, 0.29) is 6.10 Å². The molecule has 0 aliphatic heterocycles. The van der Waals surface area contributed by atoms with Crippen LogP contribution in [0.5, 0.6) is 0 Å². The van der Waals surface area contributed by atoms with Gasteiger partial charge in [0.2, 0.25) is 0 Å². The van der Waals surface area contributed by atoms with E-state index in [0.717, 1.165) is 26.1 Å². The third kappa shape index (κ3) is 9.82. The lowest BCUT2D eigenvalue weighted by molar-refractivity contribution is 0.0485. The number of aliphatic hydroxyl groups is 1. The Morgan fingerprint density at radius 1 is 1.17 bits per heavy atom. The Morgan fingerprint density at radius 2 is 1.61 bits per heavy atom. The van der Waals surface area contributed by atoms with Gasteiger partial charge in [-0.15, -0.1) is 0 Å². The van der Waals surface area contributed by atoms with Crippen molar-refractivity contribution in [3.05, 3.63) is 0 Å². The zero-order valence-electron chi connectivity index (χ0n) is 11.7. The predicted molar refractivity (Wildman–Crippen MR) is 73.2 cm³/mol. The highest BCUT2D eigenvalue weighted by Crippen LogP contribution is 2.24. The first kappa shape index (κ1) is 17.8. The smallest absolute Gasteiger partial charge is 0.261 e. The van der Waals surface area contributed by atoms with Gasteiger partial charge in [-0.3, -0.25) is 4.55 Å². The highest BCUT2D eigenvalue weighted by molar-refractivity contribution is 7.85. The molecule has 0 aromatic heterocycles. The summed E-state index contributed by atoms with van der Waals surface area (Å²) in [7, 11) is -3.67. The molecule has 110 valence electrons. The first-order chi connectivity index (χ1) is 8.27. The molecule has 1 fully saturated rings. The Balaban J connectivity index is 0.000000494. The van der Waals surface area contributed by atoms with Crippen LogP contribution in [0.25, 0.3) is 0 Å². The van der Waals surface area contributed by atoms with E-state index >= 15 is 0 Å². The van der Waals surface area contributed by atoms with Gasteiger partial charge in [-0.2, -0.15) is 8.42 Å². The third-order valence-electron chi connectivity index (χ3n) is 3.26. The molecule has 0 heterocycles. The van der Waals surface area contributed by atoms with Crippen LogP contribution in [-0.4, -0.2) is 55.0 Å². The Morgan fingerprint density at radius 3 is 2.00 bits per heavy atom. The standard InChI is InChI=1S/C11H23NO.CH4O3S/c1-3-12(4-2)9-10-7-5-6-8-11(10)13;1-5(2,3)4/h10-11,13H,3-9H2,1-2H3;1H3,(H,2,3,4)/t10-,11+;/m1./s1. The van der Waals surface area contributed by atoms with Gasteiger partial charge < -0.3 is 10.0 Å². The number of hydrogen-bond acceptors (Lipinski definition) is 4. The van der Waals surface area contributed by atoms with Crippen LogP contribution in [0.4, 0.5) is 0 Å². The summed E-state index contributed by atoms with van der Waals surface area (Å²) in [6.07, 6.45) is 5.45. The van der Waals surface area contributed by atoms with E-state index in [1.54, 1.807) is 0 Å². The van der Waals surface area contributed by atoms with Crippen molar-refractivity contribution < 1.29 is 18.1 Å². The fraction of sp³-hybridized carbons (Fsp3) is 1.00. The van der Waals surface area contributed by atoms with E-state index in [1.165, 1.54) is 19.3 Å². The van der Waals surface area contributed by atoms with Gasteiger partial charge in [0.25, 0.3) is 10.1 Å². The van der Waals surface area contributed by atoms with Crippen molar-refractivity contribution in [1.29, 1.82) is 0 Å². The van der Waals surface area contributed by atoms with E-state index in [9.17, 15) is 13.5 Å². The summed E-state index contributed by atoms with van der Waals surface area (Å²) in [5, 5.41) is 9.78. The van der Waals surface area contributed by atoms with Gasteiger partial charge in [0, 0.05) is 6.54 Å². The normalized spacial score (nSPS) is 24.6. The minimum atomic E-state index is -3.67. The lowest BCUT2D eigenvalue weighted by Gasteiger charge is -2.31. The SMILES string of the molecule is CCN(CC)C[C@H]1CCCC[C@@H]1O.CS(=O)(=O)O. The van der Waals surface area contributed by atoms with Gasteiger partial charge in [-0.05, 0) is 31.8 Å². The molecule has 1 rings (SSSR count). The van der Waals surface area contributed by atoms with Gasteiger partial charge in [0.15, 0.2) is 0 Å². The molecule has 6 heteroatoms. The monoisotopic (exact) mass is 281 g/mol. The van der Waals surface area contributed by atoms with Crippen LogP contribution in [0.1, 0.15) is 39.5 Å². The third-order valence-corrected chi connectivity index (χ3v) is 3.26. The summed E-state index contributed by atoms with van der Waals surface area (Å²) in [5.74, 6) is 0.536. The van der Waals surface area contributed by atoms with E-state index < -0.39 is 10.1 Å². The van der Waals surface area contributed by atoms with Gasteiger partial charge in [-0.1, -0.05) is 26.7 Å². The van der Waals surface area contributed by atoms with Gasteiger partial charge >= 0.3 is 0 Å². The maximum Gasteiger partial charge on any atom is 0.261 e. The second-order valence-electron chi connectivity index (χ2n) is 4.83. The van der Waals surface area contributed by atoms with Crippen molar-refractivity contribution in [2.75, 3.05) is 25.9 Å². The molecule has 2 atom stereocenters. The van der Waals surface area contributed by atoms with Crippen LogP contribution < -0.4 is 0 Å². The Hall–Kier alpha value is -0.170. The van der Waals surface area contributed by atoms with Crippen molar-refractivity contribution in [2.24, 2.45) is 5.92 Å². The molecule has 0 aromatic rings. The fourth-order valence-electron chi connectivity index (χ4n) is 2.21. The molecule has 0 amide bonds. The van der Waals surface area contributed by atoms with Crippen LogP contribution in [0.15, 0.2) is 0 Å². The average Bonchev–Trinajstić information content (AvgIpc) is 2.26. The zero-order valence-corrected chi connectivity index (χ0v) is 12.5. The molecule has 1 aliphatic carbocycles. The second kappa shape index (κ2) is 8.85. The summed E-state index contributed by atoms with van der Waals surface area (Å²) >= 11 is 0. The van der Waals surface area contributed by atoms with E-state index in [2.05, 4.69) is 18.7 Å². The molecule has 18 heavy (non-hydrogen) atoms. The molecule has 0 aromatic carbocycles. The number of aliphatic hydroxyl groups excluding tert-OH is 1. The molecular weight excluding hydrogens is 254 g/mol. The van der Waals surface area contributed by atoms with Crippen molar-refractivity contribution in [1.82, 2.24) is 4.90 Å². The summed E-state index contributed by atoms with van der Waals surface area (Å²) in [4.78, 5) is 2.42. The average molecular weight is 281 g/mol. The predicted octanol–water partition coefficient (Wildman–Crippen LogP) is 1.38. The quantitative estimate of drug-likeness (QED) is 0.761. The van der Waals surface area contributed by atoms with Crippen LogP contribution >= 0.6 is 0 Å². The zero-order chi connectivity index (χ0) is 14.2. The summed E-state index contributed by atoms with van der Waals surface area (Å²) in [5.41, 5.74) is 0. The van der Waals surface area contributed by atoms with Crippen LogP contribution in [-0.2, 0) is 10.1 Å². The molecule has 0 radical (unpaired) electrons. The van der Waals surface area contributed by atoms with Crippen molar-refractivity contribution in [3.8, 4) is 0 Å². The Labute approximate surface area is 111 Å². The van der Waals surface area contributed by atoms with Gasteiger partial charge in [0.1, 0.15) is 0 Å². The van der Waals surface area contributed by atoms with E-state index in [4.69, 9.17) is 4.55 Å². The summed E-state index contributed by atoms with van der Waals surface area (Å²) < 4.78 is 25.9. The molecule has 5 nitrogen and oxygen atoms in total. The molecule has 0 saturated heterocycles. The molecule has 0 spiro atoms. The largest absolute Gasteiger partial charge is 0.393 e.